The predicted octanol–water partition coefficient (Wildman–Crippen LogP) is 1.08. The second kappa shape index (κ2) is 13.2. The molecule has 1 rings (SSSR count). The van der Waals surface area contributed by atoms with E-state index in [-0.39, 0.29) is 35.5 Å². The van der Waals surface area contributed by atoms with E-state index in [1.165, 1.54) is 57.8 Å². The molecule has 0 saturated heterocycles. The van der Waals surface area contributed by atoms with Crippen molar-refractivity contribution in [3.05, 3.63) is 0 Å². The van der Waals surface area contributed by atoms with Gasteiger partial charge in [-0.1, -0.05) is 71.1 Å². The van der Waals surface area contributed by atoms with Gasteiger partial charge in [-0.2, -0.15) is 0 Å². The molecule has 0 N–H and O–H groups in total. The van der Waals surface area contributed by atoms with Gasteiger partial charge >= 0.3 is 29.6 Å². The molecule has 0 heterocycles. The van der Waals surface area contributed by atoms with E-state index in [2.05, 4.69) is 6.92 Å². The Morgan fingerprint density at radius 3 is 2.10 bits per heavy atom. The van der Waals surface area contributed by atoms with Crippen molar-refractivity contribution in [3.8, 4) is 0 Å². The predicted molar refractivity (Wildman–Crippen MR) is 77.7 cm³/mol. The third-order valence-electron chi connectivity index (χ3n) is 4.64. The first-order chi connectivity index (χ1) is 9.25. The van der Waals surface area contributed by atoms with Gasteiger partial charge in [-0.3, -0.25) is 0 Å². The first kappa shape index (κ1) is 20.5. The zero-order chi connectivity index (χ0) is 13.9. The maximum atomic E-state index is 11.3. The smallest absolute Gasteiger partial charge is 0.550 e. The van der Waals surface area contributed by atoms with Crippen molar-refractivity contribution in [3.63, 3.8) is 0 Å². The average molecular weight is 290 g/mol. The van der Waals surface area contributed by atoms with Gasteiger partial charge in [0.1, 0.15) is 0 Å². The number of unbranched alkanes of at least 4 members (excludes halogenated alkanes) is 6. The van der Waals surface area contributed by atoms with Gasteiger partial charge in [-0.05, 0) is 25.2 Å². The Kier molecular flexibility index (Phi) is 13.5. The maximum absolute atomic E-state index is 11.3. The van der Waals surface area contributed by atoms with E-state index < -0.39 is 5.97 Å². The van der Waals surface area contributed by atoms with Crippen molar-refractivity contribution >= 4 is 5.97 Å². The molecule has 0 radical (unpaired) electrons. The van der Waals surface area contributed by atoms with Gasteiger partial charge in [0.25, 0.3) is 0 Å². The van der Waals surface area contributed by atoms with Crippen LogP contribution in [-0.4, -0.2) is 5.97 Å². The van der Waals surface area contributed by atoms with Gasteiger partial charge in [0.15, 0.2) is 0 Å². The van der Waals surface area contributed by atoms with Gasteiger partial charge < -0.3 is 9.90 Å². The first-order valence-corrected chi connectivity index (χ1v) is 8.46. The number of carbonyl (C=O) groups excluding carboxylic acids is 1. The first-order valence-electron chi connectivity index (χ1n) is 8.46. The molecule has 2 nitrogen and oxygen atoms in total. The van der Waals surface area contributed by atoms with Crippen LogP contribution in [-0.2, 0) is 4.79 Å². The van der Waals surface area contributed by atoms with Crippen LogP contribution in [0.3, 0.4) is 0 Å². The molecule has 0 bridgehead atoms. The Balaban J connectivity index is 0.00000361. The van der Waals surface area contributed by atoms with Crippen LogP contribution in [0.25, 0.3) is 0 Å². The van der Waals surface area contributed by atoms with Crippen molar-refractivity contribution in [2.45, 2.75) is 90.4 Å². The fourth-order valence-corrected chi connectivity index (χ4v) is 3.40. The van der Waals surface area contributed by atoms with E-state index in [1.54, 1.807) is 0 Å². The van der Waals surface area contributed by atoms with E-state index in [9.17, 15) is 9.90 Å². The molecule has 1 saturated carbocycles. The molecule has 1 atom stereocenters. The second-order valence-corrected chi connectivity index (χ2v) is 6.23. The van der Waals surface area contributed by atoms with Crippen LogP contribution >= 0.6 is 0 Å². The Morgan fingerprint density at radius 1 is 1.00 bits per heavy atom. The third kappa shape index (κ3) is 8.69. The molecule has 0 amide bonds. The number of hydrogen-bond donors (Lipinski definition) is 0. The molecule has 1 fully saturated rings. The van der Waals surface area contributed by atoms with Crippen LogP contribution in [0.15, 0.2) is 0 Å². The summed E-state index contributed by atoms with van der Waals surface area (Å²) in [6.07, 6.45) is 15.6. The second-order valence-electron chi connectivity index (χ2n) is 6.23. The number of hydrogen-bond acceptors (Lipinski definition) is 2. The normalized spacial score (nSPS) is 17.4. The molecule has 0 spiro atoms. The zero-order valence-corrected chi connectivity index (χ0v) is 15.7. The van der Waals surface area contributed by atoms with Crippen LogP contribution in [0.1, 0.15) is 90.4 Å². The number of aliphatic carboxylic acids is 1. The van der Waals surface area contributed by atoms with Crippen molar-refractivity contribution in [1.82, 2.24) is 0 Å². The fraction of sp³-hybridized carbons (Fsp3) is 0.941. The number of carbonyl (C=O) groups is 1. The maximum Gasteiger partial charge on any atom is 1.00 e. The Labute approximate surface area is 147 Å². The molecule has 20 heavy (non-hydrogen) atoms. The minimum atomic E-state index is -0.794. The SMILES string of the molecule is CCCCCCCCCC(C(=O)[O-])C1CCCCC1.[Na+]. The monoisotopic (exact) mass is 290 g/mol. The minimum absolute atomic E-state index is 0. The Morgan fingerprint density at radius 2 is 1.55 bits per heavy atom. The molecule has 112 valence electrons. The Hall–Kier alpha value is 0.470. The Bertz CT molecular complexity index is 237. The van der Waals surface area contributed by atoms with E-state index in [4.69, 9.17) is 0 Å². The largest absolute Gasteiger partial charge is 1.00 e. The molecule has 0 aromatic rings. The van der Waals surface area contributed by atoms with Crippen LogP contribution in [0.5, 0.6) is 0 Å². The summed E-state index contributed by atoms with van der Waals surface area (Å²) in [4.78, 5) is 11.3. The van der Waals surface area contributed by atoms with Gasteiger partial charge in [0.2, 0.25) is 0 Å². The molecule has 1 unspecified atom stereocenters. The number of carboxylic acids is 1. The molecule has 0 aliphatic heterocycles. The molecule has 1 aliphatic carbocycles. The quantitative estimate of drug-likeness (QED) is 0.446. The molecule has 0 aromatic heterocycles. The summed E-state index contributed by atoms with van der Waals surface area (Å²) < 4.78 is 0. The van der Waals surface area contributed by atoms with Gasteiger partial charge in [0.05, 0.1) is 0 Å². The van der Waals surface area contributed by atoms with Crippen molar-refractivity contribution in [1.29, 1.82) is 0 Å². The summed E-state index contributed by atoms with van der Waals surface area (Å²) >= 11 is 0. The van der Waals surface area contributed by atoms with Crippen LogP contribution in [0, 0.1) is 11.8 Å². The molecule has 0 aromatic carbocycles. The minimum Gasteiger partial charge on any atom is -0.550 e. The zero-order valence-electron chi connectivity index (χ0n) is 13.7. The standard InChI is InChI=1S/C17H32O2.Na/c1-2-3-4-5-6-7-11-14-16(17(18)19)15-12-9-8-10-13-15;/h15-16H,2-14H2,1H3,(H,18,19);/q;+1/p-1. The average Bonchev–Trinajstić information content (AvgIpc) is 2.42. The van der Waals surface area contributed by atoms with E-state index in [1.807, 2.05) is 0 Å². The molecule has 3 heteroatoms. The van der Waals surface area contributed by atoms with E-state index >= 15 is 0 Å². The van der Waals surface area contributed by atoms with Crippen molar-refractivity contribution < 1.29 is 39.5 Å². The summed E-state index contributed by atoms with van der Waals surface area (Å²) in [5.41, 5.74) is 0. The van der Waals surface area contributed by atoms with Crippen LogP contribution < -0.4 is 34.7 Å². The van der Waals surface area contributed by atoms with Crippen molar-refractivity contribution in [2.75, 3.05) is 0 Å². The number of carboxylic acid groups (broad SMARTS) is 1. The summed E-state index contributed by atoms with van der Waals surface area (Å²) in [6.45, 7) is 2.23. The molecular weight excluding hydrogens is 259 g/mol. The van der Waals surface area contributed by atoms with E-state index in [0.29, 0.717) is 5.92 Å². The summed E-state index contributed by atoms with van der Waals surface area (Å²) in [5.74, 6) is -0.562. The van der Waals surface area contributed by atoms with Crippen molar-refractivity contribution in [2.24, 2.45) is 11.8 Å². The molecule has 1 aliphatic rings. The van der Waals surface area contributed by atoms with Crippen LogP contribution in [0.2, 0.25) is 0 Å². The van der Waals surface area contributed by atoms with Gasteiger partial charge in [-0.15, -0.1) is 0 Å². The third-order valence-corrected chi connectivity index (χ3v) is 4.64. The van der Waals surface area contributed by atoms with Gasteiger partial charge in [-0.25, -0.2) is 0 Å². The fourth-order valence-electron chi connectivity index (χ4n) is 3.40. The molecular formula is C17H31NaO2. The summed E-state index contributed by atoms with van der Waals surface area (Å²) in [7, 11) is 0. The van der Waals surface area contributed by atoms with Gasteiger partial charge in [0, 0.05) is 11.9 Å². The van der Waals surface area contributed by atoms with E-state index in [0.717, 1.165) is 25.7 Å². The topological polar surface area (TPSA) is 40.1 Å². The van der Waals surface area contributed by atoms with Crippen LogP contribution in [0.4, 0.5) is 0 Å². The number of rotatable bonds is 10. The summed E-state index contributed by atoms with van der Waals surface area (Å²) in [6, 6.07) is 0. The summed E-state index contributed by atoms with van der Waals surface area (Å²) in [5, 5.41) is 11.3.